The Morgan fingerprint density at radius 2 is 0.710 bits per heavy atom. The minimum Gasteiger partial charge on any atom is -0.389 e. The molecule has 8 atom stereocenters. The molecule has 18 aromatic rings. The van der Waals surface area contributed by atoms with Gasteiger partial charge in [0.2, 0.25) is 0 Å². The fourth-order valence-electron chi connectivity index (χ4n) is 18.7. The minimum absolute atomic E-state index is 0.117. The number of para-hydroxylation sites is 1. The van der Waals surface area contributed by atoms with Crippen molar-refractivity contribution in [1.82, 2.24) is 62.9 Å². The number of aliphatic hydroxyl groups is 4. The number of aliphatic hydroxyl groups excluding tert-OH is 4. The zero-order valence-electron chi connectivity index (χ0n) is 71.1. The number of nitrogens with zero attached hydrogens (tertiary/aromatic N) is 13. The van der Waals surface area contributed by atoms with Gasteiger partial charge in [-0.3, -0.25) is 57.1 Å². The van der Waals surface area contributed by atoms with E-state index in [2.05, 4.69) is 98.4 Å². The molecule has 662 valence electrons. The highest BCUT2D eigenvalue weighted by Gasteiger charge is 2.35. The number of hydrogen-bond donors (Lipinski definition) is 4. The number of halogens is 4. The number of pyridine rings is 3. The van der Waals surface area contributed by atoms with Crippen LogP contribution in [0.2, 0.25) is 0 Å². The maximum Gasteiger partial charge on any atom is 0.433 e. The lowest BCUT2D eigenvalue weighted by Gasteiger charge is -2.29. The van der Waals surface area contributed by atoms with E-state index in [0.29, 0.717) is 120 Å². The third kappa shape index (κ3) is 17.9. The Bertz CT molecular complexity index is 7640. The van der Waals surface area contributed by atoms with Gasteiger partial charge in [0, 0.05) is 95.2 Å². The molecule has 4 N–H and O–H groups in total. The summed E-state index contributed by atoms with van der Waals surface area (Å²) < 4.78 is 69.6. The van der Waals surface area contributed by atoms with Crippen LogP contribution in [0.15, 0.2) is 280 Å². The number of aromatic nitrogens is 13. The van der Waals surface area contributed by atoms with Crippen LogP contribution in [-0.2, 0) is 57.9 Å². The summed E-state index contributed by atoms with van der Waals surface area (Å²) >= 11 is 3.48. The normalized spacial score (nSPS) is 18.9. The fourth-order valence-corrected chi connectivity index (χ4v) is 18.9. The van der Waals surface area contributed by atoms with Crippen LogP contribution in [-0.4, -0.2) is 161 Å². The summed E-state index contributed by atoms with van der Waals surface area (Å²) in [6.45, 7) is 2.81. The Hall–Kier alpha value is -13.3. The molecule has 29 heteroatoms. The van der Waals surface area contributed by atoms with Crippen LogP contribution in [0.1, 0.15) is 100 Å². The van der Waals surface area contributed by atoms with Crippen molar-refractivity contribution < 1.29 is 52.5 Å². The summed E-state index contributed by atoms with van der Waals surface area (Å²) in [5.74, 6) is 0. The van der Waals surface area contributed by atoms with Crippen LogP contribution in [0.5, 0.6) is 0 Å². The van der Waals surface area contributed by atoms with Crippen LogP contribution < -0.4 is 22.2 Å². The average Bonchev–Trinajstić information content (AvgIpc) is 0.918. The maximum atomic E-state index is 13.6. The number of alkyl halides is 3. The van der Waals surface area contributed by atoms with E-state index < -0.39 is 42.3 Å². The molecule has 12 heterocycles. The molecule has 0 amide bonds. The van der Waals surface area contributed by atoms with Crippen molar-refractivity contribution in [3.63, 3.8) is 0 Å². The predicted molar refractivity (Wildman–Crippen MR) is 499 cm³/mol. The zero-order valence-corrected chi connectivity index (χ0v) is 72.6. The zero-order chi connectivity index (χ0) is 90.1. The topological polar surface area (TPSA) is 314 Å². The first-order valence-corrected chi connectivity index (χ1v) is 44.2. The van der Waals surface area contributed by atoms with Gasteiger partial charge in [0.15, 0.2) is 0 Å². The number of fused-ring (bicyclic) bond motifs is 13. The summed E-state index contributed by atoms with van der Waals surface area (Å²) in [5, 5.41) is 56.6. The first-order valence-electron chi connectivity index (χ1n) is 43.5. The van der Waals surface area contributed by atoms with E-state index in [-0.39, 0.29) is 73.2 Å². The maximum absolute atomic E-state index is 13.6. The van der Waals surface area contributed by atoms with Crippen molar-refractivity contribution in [1.29, 1.82) is 0 Å². The summed E-state index contributed by atoms with van der Waals surface area (Å²) in [6, 6.07) is 62.8. The van der Waals surface area contributed by atoms with Crippen molar-refractivity contribution in [3.8, 4) is 11.3 Å². The molecule has 0 radical (unpaired) electrons. The first kappa shape index (κ1) is 87.0. The van der Waals surface area contributed by atoms with Gasteiger partial charge in [0.05, 0.1) is 161 Å². The Morgan fingerprint density at radius 3 is 1.08 bits per heavy atom. The molecule has 25 nitrogen and oxygen atoms in total. The van der Waals surface area contributed by atoms with Gasteiger partial charge in [-0.05, 0) is 190 Å². The molecule has 4 fully saturated rings. The highest BCUT2D eigenvalue weighted by molar-refractivity contribution is 9.10. The van der Waals surface area contributed by atoms with Gasteiger partial charge in [-0.1, -0.05) is 143 Å². The van der Waals surface area contributed by atoms with Crippen LogP contribution in [0.25, 0.3) is 109 Å². The van der Waals surface area contributed by atoms with Crippen molar-refractivity contribution in [2.45, 2.75) is 106 Å². The Morgan fingerprint density at radius 1 is 0.366 bits per heavy atom. The number of benzene rings is 10. The van der Waals surface area contributed by atoms with Crippen LogP contribution >= 0.6 is 15.9 Å². The summed E-state index contributed by atoms with van der Waals surface area (Å²) in [6.07, 6.45) is 11.6. The van der Waals surface area contributed by atoms with E-state index in [0.717, 1.165) is 116 Å². The fraction of sp³-hybridized carbons (Fsp3) is 0.255. The predicted octanol–water partition coefficient (Wildman–Crippen LogP) is 15.4. The molecule has 8 aromatic heterocycles. The second-order valence-corrected chi connectivity index (χ2v) is 34.5. The molecule has 131 heavy (non-hydrogen) atoms. The van der Waals surface area contributed by atoms with Gasteiger partial charge in [0.25, 0.3) is 22.2 Å². The first-order chi connectivity index (χ1) is 63.7. The summed E-state index contributed by atoms with van der Waals surface area (Å²) in [7, 11) is 1.88. The van der Waals surface area contributed by atoms with E-state index in [9.17, 15) is 52.8 Å². The lowest BCUT2D eigenvalue weighted by Crippen LogP contribution is -2.39. The molecule has 4 aliphatic heterocycles. The molecular formula is C102H89BrF3N13O12. The van der Waals surface area contributed by atoms with Gasteiger partial charge in [-0.15, -0.1) is 0 Å². The number of aryl methyl sites for hydroxylation is 1. The highest BCUT2D eigenvalue weighted by Crippen LogP contribution is 2.37. The Balaban J connectivity index is 0.000000113. The monoisotopic (exact) mass is 1820 g/mol. The van der Waals surface area contributed by atoms with Gasteiger partial charge < -0.3 is 39.4 Å². The van der Waals surface area contributed by atoms with Crippen molar-refractivity contribution >= 4 is 114 Å². The SMILES string of the molecule is Cn1cc(-c2cc(Cc3cc4c(=O)n([C@H]5CCOC[C@@H]5O)cnc4c4ccccc34)ccn2)cn1.O=c1c2cc(Cc3ccc(Br)cc3)c3ccccc3c2ncn1[C@H]1CCOC[C@@H]1O.O=c1c2cc(Cc3ccnc(C(F)(F)F)c3)c3ccccc3c2ncn1[C@H]1CCOC[C@@H]1O.O=c1c2cc(Cc3ccnc4ccccc34)c3ccccc3c2ncn1[C@H]1CCOC[C@@H]1O. The van der Waals surface area contributed by atoms with E-state index in [1.165, 1.54) is 22.5 Å². The largest absolute Gasteiger partial charge is 0.433 e. The molecule has 0 bridgehead atoms. The molecule has 4 saturated heterocycles. The lowest BCUT2D eigenvalue weighted by atomic mass is 9.94. The molecule has 0 unspecified atom stereocenters. The van der Waals surface area contributed by atoms with Crippen LogP contribution in [0, 0.1) is 0 Å². The van der Waals surface area contributed by atoms with Gasteiger partial charge >= 0.3 is 6.18 Å². The van der Waals surface area contributed by atoms with Gasteiger partial charge in [-0.25, -0.2) is 19.9 Å². The molecule has 0 spiro atoms. The molecule has 10 aromatic carbocycles. The van der Waals surface area contributed by atoms with E-state index >= 15 is 0 Å². The summed E-state index contributed by atoms with van der Waals surface area (Å²) in [4.78, 5) is 85.0. The molecular weight excluding hydrogens is 1740 g/mol. The Labute approximate surface area is 754 Å². The highest BCUT2D eigenvalue weighted by atomic mass is 79.9. The second kappa shape index (κ2) is 37.6. The molecule has 0 aliphatic carbocycles. The lowest BCUT2D eigenvalue weighted by molar-refractivity contribution is -0.141. The number of ether oxygens (including phenoxy) is 4. The molecule has 4 aliphatic rings. The van der Waals surface area contributed by atoms with E-state index in [4.69, 9.17) is 18.9 Å². The standard InChI is InChI=1S/C27H25N5O3.C27H23N3O3.C24H21BrN2O3.C24H20F3N3O3/c1-31-14-19(13-30-31)23-11-17(6-8-28-23)10-18-12-22-26(21-5-3-2-4-20(18)21)29-16-32(27(22)34)24-7-9-35-15-25(24)33;31-25-15-33-12-10-24(25)30-16-29-26-21-7-2-1-5-19(21)18(14-22(26)27(30)32)13-17-9-11-28-23-8-4-3-6-20(17)23;25-17-7-5-15(6-8-17)11-16-12-20-23(19-4-2-1-3-18(16)19)26-14-27(24(20)29)21-9-10-30-13-22(21)28;25-24(26,27)21-10-14(5-7-28-21)9-15-11-18-22(17-4-2-1-3-16(15)17)29-13-30(23(18)32)19-6-8-33-12-20(19)31/h2-6,8,11-14,16,24-25,33H,7,9-10,15H2,1H3;1-9,11,14,16,24-25,31H,10,12-13,15H2;1-8,12,14,21-22,28H,9-11,13H2;1-5,7,10-11,13,19-20,31H,6,8-9,12H2/t2*24-,25-;21-,22-;19-,20-/m0000/s1. The summed E-state index contributed by atoms with van der Waals surface area (Å²) in [5.41, 5.74) is 11.5. The van der Waals surface area contributed by atoms with Gasteiger partial charge in [-0.2, -0.15) is 18.3 Å². The van der Waals surface area contributed by atoms with E-state index in [1.54, 1.807) is 49.6 Å². The minimum atomic E-state index is -4.54. The van der Waals surface area contributed by atoms with Crippen molar-refractivity contribution in [2.75, 3.05) is 52.9 Å². The number of rotatable bonds is 13. The third-order valence-electron chi connectivity index (χ3n) is 25.3. The van der Waals surface area contributed by atoms with Crippen molar-refractivity contribution in [2.24, 2.45) is 7.05 Å². The smallest absolute Gasteiger partial charge is 0.389 e. The Kier molecular flexibility index (Phi) is 25.0. The number of hydrogen-bond acceptors (Lipinski definition) is 20. The van der Waals surface area contributed by atoms with E-state index in [1.807, 2.05) is 165 Å². The van der Waals surface area contributed by atoms with Gasteiger partial charge in [0.1, 0.15) is 5.69 Å². The van der Waals surface area contributed by atoms with Crippen LogP contribution in [0.3, 0.4) is 0 Å². The molecule has 22 rings (SSSR count). The second-order valence-electron chi connectivity index (χ2n) is 33.6. The quantitative estimate of drug-likeness (QED) is 0.0779. The van der Waals surface area contributed by atoms with Crippen LogP contribution in [0.4, 0.5) is 13.2 Å². The molecule has 0 saturated carbocycles. The van der Waals surface area contributed by atoms with Crippen molar-refractivity contribution in [3.05, 3.63) is 353 Å². The third-order valence-corrected chi connectivity index (χ3v) is 25.8. The average molecular weight is 1830 g/mol.